The summed E-state index contributed by atoms with van der Waals surface area (Å²) in [7, 11) is 0. The summed E-state index contributed by atoms with van der Waals surface area (Å²) in [5, 5.41) is 0. The third-order valence-corrected chi connectivity index (χ3v) is 10.5. The summed E-state index contributed by atoms with van der Waals surface area (Å²) >= 11 is 0. The van der Waals surface area contributed by atoms with Crippen molar-refractivity contribution in [3.05, 3.63) is 109 Å². The number of unbranched alkanes of at least 4 members (excludes halogenated alkanes) is 16. The summed E-state index contributed by atoms with van der Waals surface area (Å²) in [4.78, 5) is 37.9. The maximum Gasteiger partial charge on any atom is 0.306 e. The Morgan fingerprint density at radius 1 is 0.328 bits per heavy atom. The highest BCUT2D eigenvalue weighted by molar-refractivity contribution is 5.71. The SMILES string of the molecule is CC/C=C\C/C=C\C/C=C\C/C=C\C/C=C\C/C=C\CCC(=O)OCC(COC(=O)CCCCCCC/C=C\CCCCCC)OC(=O)CCCCCCC/C=C\C/C=C\CCCC. The first-order valence-corrected chi connectivity index (χ1v) is 25.9. The van der Waals surface area contributed by atoms with Gasteiger partial charge in [-0.15, -0.1) is 0 Å². The standard InChI is InChI=1S/C58H94O6/c1-4-7-10-13-16-19-22-25-27-28-29-30-31-34-36-39-42-45-48-51-57(60)63-54-55(53-62-56(59)50-47-44-41-38-35-32-24-21-18-15-12-9-6-3)64-58(61)52-49-46-43-40-37-33-26-23-20-17-14-11-8-5-2/h7,10,14,16-17,19,21,23-27,29-30,34,36,42,45,55H,4-6,8-9,11-13,15,18,20,22,28,31-33,35,37-41,43-44,46-54H2,1-3H3/b10-7-,17-14-,19-16-,24-21-,26-23-,27-25-,30-29-,36-34-,45-42-. The lowest BCUT2D eigenvalue weighted by Crippen LogP contribution is -2.30. The van der Waals surface area contributed by atoms with E-state index in [2.05, 4.69) is 118 Å². The maximum absolute atomic E-state index is 12.8. The van der Waals surface area contributed by atoms with Crippen LogP contribution in [-0.2, 0) is 28.6 Å². The number of hydrogen-bond acceptors (Lipinski definition) is 6. The highest BCUT2D eigenvalue weighted by Gasteiger charge is 2.19. The molecule has 0 bridgehead atoms. The molecule has 1 atom stereocenters. The minimum Gasteiger partial charge on any atom is -0.462 e. The summed E-state index contributed by atoms with van der Waals surface area (Å²) in [5.41, 5.74) is 0. The molecule has 6 heteroatoms. The van der Waals surface area contributed by atoms with Crippen LogP contribution < -0.4 is 0 Å². The third kappa shape index (κ3) is 49.1. The average molecular weight is 887 g/mol. The zero-order valence-corrected chi connectivity index (χ0v) is 41.3. The van der Waals surface area contributed by atoms with Gasteiger partial charge in [0.2, 0.25) is 0 Å². The van der Waals surface area contributed by atoms with Crippen LogP contribution in [0.4, 0.5) is 0 Å². The molecule has 0 saturated carbocycles. The van der Waals surface area contributed by atoms with E-state index in [1.807, 2.05) is 12.2 Å². The molecule has 6 nitrogen and oxygen atoms in total. The highest BCUT2D eigenvalue weighted by Crippen LogP contribution is 2.12. The molecular weight excluding hydrogens is 793 g/mol. The summed E-state index contributed by atoms with van der Waals surface area (Å²) in [6.45, 7) is 6.37. The van der Waals surface area contributed by atoms with Gasteiger partial charge in [-0.1, -0.05) is 201 Å². The predicted octanol–water partition coefficient (Wildman–Crippen LogP) is 17.1. The molecule has 0 heterocycles. The number of carbonyl (C=O) groups excluding carboxylic acids is 3. The molecule has 0 aliphatic carbocycles. The topological polar surface area (TPSA) is 78.9 Å². The van der Waals surface area contributed by atoms with Crippen LogP contribution in [0.5, 0.6) is 0 Å². The molecule has 362 valence electrons. The molecule has 0 fully saturated rings. The number of esters is 3. The second-order valence-electron chi connectivity index (χ2n) is 16.7. The molecule has 0 N–H and O–H groups in total. The molecule has 0 amide bonds. The van der Waals surface area contributed by atoms with Gasteiger partial charge in [0.15, 0.2) is 6.10 Å². The molecule has 0 rings (SSSR count). The van der Waals surface area contributed by atoms with Gasteiger partial charge in [-0.05, 0) is 109 Å². The van der Waals surface area contributed by atoms with Gasteiger partial charge in [-0.3, -0.25) is 14.4 Å². The molecule has 0 aromatic heterocycles. The normalized spacial score (nSPS) is 13.0. The number of rotatable bonds is 45. The Kier molecular flexibility index (Phi) is 48.5. The second kappa shape index (κ2) is 51.7. The molecule has 0 spiro atoms. The lowest BCUT2D eigenvalue weighted by atomic mass is 10.1. The van der Waals surface area contributed by atoms with Gasteiger partial charge in [0.05, 0.1) is 0 Å². The van der Waals surface area contributed by atoms with Gasteiger partial charge in [0.25, 0.3) is 0 Å². The van der Waals surface area contributed by atoms with Crippen LogP contribution in [0.25, 0.3) is 0 Å². The van der Waals surface area contributed by atoms with Crippen LogP contribution in [0.15, 0.2) is 109 Å². The Bertz CT molecular complexity index is 1340. The lowest BCUT2D eigenvalue weighted by Gasteiger charge is -2.18. The first-order valence-electron chi connectivity index (χ1n) is 25.9. The largest absolute Gasteiger partial charge is 0.462 e. The zero-order valence-electron chi connectivity index (χ0n) is 41.3. The highest BCUT2D eigenvalue weighted by atomic mass is 16.6. The van der Waals surface area contributed by atoms with Gasteiger partial charge in [-0.2, -0.15) is 0 Å². The van der Waals surface area contributed by atoms with Crippen LogP contribution >= 0.6 is 0 Å². The van der Waals surface area contributed by atoms with Crippen molar-refractivity contribution in [2.24, 2.45) is 0 Å². The van der Waals surface area contributed by atoms with Crippen molar-refractivity contribution in [3.63, 3.8) is 0 Å². The summed E-state index contributed by atoms with van der Waals surface area (Å²) in [6.07, 6.45) is 69.4. The van der Waals surface area contributed by atoms with Gasteiger partial charge < -0.3 is 14.2 Å². The molecule has 0 saturated heterocycles. The number of carbonyl (C=O) groups is 3. The van der Waals surface area contributed by atoms with Gasteiger partial charge in [0.1, 0.15) is 13.2 Å². The Labute approximate surface area is 393 Å². The van der Waals surface area contributed by atoms with Crippen LogP contribution in [0.1, 0.15) is 220 Å². The number of ether oxygens (including phenoxy) is 3. The Hall–Kier alpha value is -3.93. The molecule has 0 aromatic rings. The fraction of sp³-hybridized carbons (Fsp3) is 0.638. The minimum absolute atomic E-state index is 0.113. The molecular formula is C58H94O6. The molecule has 0 radical (unpaired) electrons. The van der Waals surface area contributed by atoms with E-state index in [9.17, 15) is 14.4 Å². The Morgan fingerprint density at radius 2 is 0.656 bits per heavy atom. The van der Waals surface area contributed by atoms with E-state index < -0.39 is 6.10 Å². The van der Waals surface area contributed by atoms with Crippen molar-refractivity contribution in [3.8, 4) is 0 Å². The molecule has 0 aliphatic rings. The molecule has 0 aromatic carbocycles. The monoisotopic (exact) mass is 887 g/mol. The van der Waals surface area contributed by atoms with E-state index >= 15 is 0 Å². The van der Waals surface area contributed by atoms with Crippen molar-refractivity contribution >= 4 is 17.9 Å². The third-order valence-electron chi connectivity index (χ3n) is 10.5. The molecule has 64 heavy (non-hydrogen) atoms. The maximum atomic E-state index is 12.8. The summed E-state index contributed by atoms with van der Waals surface area (Å²) < 4.78 is 16.7. The fourth-order valence-corrected chi connectivity index (χ4v) is 6.59. The average Bonchev–Trinajstić information content (AvgIpc) is 3.29. The van der Waals surface area contributed by atoms with E-state index in [1.54, 1.807) is 0 Å². The fourth-order valence-electron chi connectivity index (χ4n) is 6.59. The quantitative estimate of drug-likeness (QED) is 0.0262. The van der Waals surface area contributed by atoms with Crippen molar-refractivity contribution in [1.29, 1.82) is 0 Å². The van der Waals surface area contributed by atoms with Crippen LogP contribution in [0.3, 0.4) is 0 Å². The van der Waals surface area contributed by atoms with Crippen molar-refractivity contribution < 1.29 is 28.6 Å². The predicted molar refractivity (Wildman–Crippen MR) is 274 cm³/mol. The number of allylic oxidation sites excluding steroid dienone is 18. The van der Waals surface area contributed by atoms with E-state index in [4.69, 9.17) is 14.2 Å². The molecule has 0 aliphatic heterocycles. The van der Waals surface area contributed by atoms with Gasteiger partial charge in [0, 0.05) is 19.3 Å². The van der Waals surface area contributed by atoms with Gasteiger partial charge in [-0.25, -0.2) is 0 Å². The first-order chi connectivity index (χ1) is 31.5. The van der Waals surface area contributed by atoms with Crippen LogP contribution in [0.2, 0.25) is 0 Å². The van der Waals surface area contributed by atoms with Crippen LogP contribution in [0, 0.1) is 0 Å². The van der Waals surface area contributed by atoms with Gasteiger partial charge >= 0.3 is 17.9 Å². The van der Waals surface area contributed by atoms with E-state index in [-0.39, 0.29) is 37.5 Å². The summed E-state index contributed by atoms with van der Waals surface area (Å²) in [5.74, 6) is -1.03. The van der Waals surface area contributed by atoms with Crippen molar-refractivity contribution in [2.75, 3.05) is 13.2 Å². The van der Waals surface area contributed by atoms with E-state index in [1.165, 1.54) is 57.8 Å². The van der Waals surface area contributed by atoms with Crippen LogP contribution in [-0.4, -0.2) is 37.2 Å². The first kappa shape index (κ1) is 60.1. The lowest BCUT2D eigenvalue weighted by molar-refractivity contribution is -0.166. The molecule has 1 unspecified atom stereocenters. The second-order valence-corrected chi connectivity index (χ2v) is 16.7. The summed E-state index contributed by atoms with van der Waals surface area (Å²) in [6, 6.07) is 0. The zero-order chi connectivity index (χ0) is 46.5. The minimum atomic E-state index is -0.820. The Balaban J connectivity index is 4.54. The smallest absolute Gasteiger partial charge is 0.306 e. The van der Waals surface area contributed by atoms with Crippen molar-refractivity contribution in [2.45, 2.75) is 226 Å². The number of hydrogen-bond donors (Lipinski definition) is 0. The van der Waals surface area contributed by atoms with Crippen molar-refractivity contribution in [1.82, 2.24) is 0 Å². The van der Waals surface area contributed by atoms with E-state index in [0.29, 0.717) is 19.3 Å². The Morgan fingerprint density at radius 3 is 1.11 bits per heavy atom. The van der Waals surface area contributed by atoms with E-state index in [0.717, 1.165) is 116 Å².